The molecule has 19 heavy (non-hydrogen) atoms. The average Bonchev–Trinajstić information content (AvgIpc) is 3.02. The van der Waals surface area contributed by atoms with E-state index >= 15 is 0 Å². The summed E-state index contributed by atoms with van der Waals surface area (Å²) in [6.07, 6.45) is 4.30. The van der Waals surface area contributed by atoms with Gasteiger partial charge in [0.2, 0.25) is 0 Å². The highest BCUT2D eigenvalue weighted by Crippen LogP contribution is 2.34. The third-order valence-corrected chi connectivity index (χ3v) is 3.94. The zero-order valence-corrected chi connectivity index (χ0v) is 11.3. The zero-order chi connectivity index (χ0) is 13.5. The van der Waals surface area contributed by atoms with Crippen molar-refractivity contribution in [2.75, 3.05) is 0 Å². The molecule has 0 amide bonds. The standard InChI is InChI=1S/C15H19N3O/c1-15(7-8-15)17-10-14-16-9-12(18(14)2)11-5-3-4-6-13(11)19/h3-6,9,17,19H,7-8,10H2,1-2H3. The lowest BCUT2D eigenvalue weighted by Gasteiger charge is -2.12. The fourth-order valence-electron chi connectivity index (χ4n) is 2.21. The van der Waals surface area contributed by atoms with Crippen molar-refractivity contribution in [3.05, 3.63) is 36.3 Å². The van der Waals surface area contributed by atoms with Crippen LogP contribution in [0.25, 0.3) is 11.3 Å². The van der Waals surface area contributed by atoms with Gasteiger partial charge in [0, 0.05) is 18.2 Å². The van der Waals surface area contributed by atoms with Crippen LogP contribution in [0.2, 0.25) is 0 Å². The third-order valence-electron chi connectivity index (χ3n) is 3.94. The lowest BCUT2D eigenvalue weighted by atomic mass is 10.1. The van der Waals surface area contributed by atoms with Gasteiger partial charge in [-0.05, 0) is 31.9 Å². The van der Waals surface area contributed by atoms with E-state index in [0.29, 0.717) is 11.3 Å². The molecule has 0 spiro atoms. The van der Waals surface area contributed by atoms with Crippen molar-refractivity contribution in [2.45, 2.75) is 31.8 Å². The molecule has 0 aliphatic heterocycles. The van der Waals surface area contributed by atoms with Crippen molar-refractivity contribution >= 4 is 0 Å². The fourth-order valence-corrected chi connectivity index (χ4v) is 2.21. The van der Waals surface area contributed by atoms with Crippen molar-refractivity contribution in [3.8, 4) is 17.0 Å². The minimum absolute atomic E-state index is 0.291. The van der Waals surface area contributed by atoms with E-state index in [4.69, 9.17) is 0 Å². The largest absolute Gasteiger partial charge is 0.507 e. The summed E-state index contributed by atoms with van der Waals surface area (Å²) in [6, 6.07) is 7.36. The second-order valence-electron chi connectivity index (χ2n) is 5.55. The van der Waals surface area contributed by atoms with Crippen LogP contribution >= 0.6 is 0 Å². The number of imidazole rings is 1. The lowest BCUT2D eigenvalue weighted by molar-refractivity contribution is 0.476. The Morgan fingerprint density at radius 1 is 1.37 bits per heavy atom. The van der Waals surface area contributed by atoms with Crippen LogP contribution in [0.4, 0.5) is 0 Å². The maximum Gasteiger partial charge on any atom is 0.124 e. The quantitative estimate of drug-likeness (QED) is 0.884. The van der Waals surface area contributed by atoms with Crippen molar-refractivity contribution < 1.29 is 5.11 Å². The van der Waals surface area contributed by atoms with Crippen LogP contribution in [0.1, 0.15) is 25.6 Å². The van der Waals surface area contributed by atoms with Crippen LogP contribution in [0.15, 0.2) is 30.5 Å². The molecular weight excluding hydrogens is 238 g/mol. The van der Waals surface area contributed by atoms with Gasteiger partial charge in [-0.2, -0.15) is 0 Å². The summed E-state index contributed by atoms with van der Waals surface area (Å²) in [5.41, 5.74) is 2.07. The van der Waals surface area contributed by atoms with Crippen LogP contribution in [0.5, 0.6) is 5.75 Å². The normalized spacial score (nSPS) is 16.5. The summed E-state index contributed by atoms with van der Waals surface area (Å²) < 4.78 is 2.04. The van der Waals surface area contributed by atoms with Crippen molar-refractivity contribution in [1.82, 2.24) is 14.9 Å². The molecule has 1 heterocycles. The Labute approximate surface area is 113 Å². The Morgan fingerprint density at radius 2 is 2.11 bits per heavy atom. The molecule has 0 radical (unpaired) electrons. The fraction of sp³-hybridized carbons (Fsp3) is 0.400. The Kier molecular flexibility index (Phi) is 2.82. The number of nitrogens with one attached hydrogen (secondary N) is 1. The summed E-state index contributed by atoms with van der Waals surface area (Å²) in [4.78, 5) is 4.45. The smallest absolute Gasteiger partial charge is 0.124 e. The molecule has 2 aromatic rings. The van der Waals surface area contributed by atoms with Crippen molar-refractivity contribution in [1.29, 1.82) is 0 Å². The number of benzene rings is 1. The first-order valence-electron chi connectivity index (χ1n) is 6.63. The number of para-hydroxylation sites is 1. The summed E-state index contributed by atoms with van der Waals surface area (Å²) in [5, 5.41) is 13.4. The molecule has 0 unspecified atom stereocenters. The summed E-state index contributed by atoms with van der Waals surface area (Å²) in [6.45, 7) is 3.00. The van der Waals surface area contributed by atoms with Gasteiger partial charge in [0.15, 0.2) is 0 Å². The molecule has 1 aromatic carbocycles. The van der Waals surface area contributed by atoms with Gasteiger partial charge in [-0.25, -0.2) is 4.98 Å². The number of hydrogen-bond acceptors (Lipinski definition) is 3. The van der Waals surface area contributed by atoms with Crippen LogP contribution in [0, 0.1) is 0 Å². The molecule has 0 saturated heterocycles. The van der Waals surface area contributed by atoms with Crippen molar-refractivity contribution in [3.63, 3.8) is 0 Å². The first kappa shape index (κ1) is 12.2. The Morgan fingerprint density at radius 3 is 2.79 bits per heavy atom. The molecule has 1 saturated carbocycles. The minimum atomic E-state index is 0.291. The Balaban J connectivity index is 1.84. The lowest BCUT2D eigenvalue weighted by Crippen LogP contribution is -2.28. The summed E-state index contributed by atoms with van der Waals surface area (Å²) >= 11 is 0. The van der Waals surface area contributed by atoms with E-state index in [-0.39, 0.29) is 0 Å². The number of aromatic nitrogens is 2. The molecule has 2 N–H and O–H groups in total. The maximum absolute atomic E-state index is 9.91. The minimum Gasteiger partial charge on any atom is -0.507 e. The molecule has 0 bridgehead atoms. The topological polar surface area (TPSA) is 50.1 Å². The van der Waals surface area contributed by atoms with E-state index in [1.165, 1.54) is 12.8 Å². The number of rotatable bonds is 4. The van der Waals surface area contributed by atoms with Gasteiger partial charge in [-0.3, -0.25) is 0 Å². The predicted molar refractivity (Wildman–Crippen MR) is 74.8 cm³/mol. The molecular formula is C15H19N3O. The second-order valence-corrected chi connectivity index (χ2v) is 5.55. The first-order valence-corrected chi connectivity index (χ1v) is 6.63. The molecule has 1 aliphatic rings. The van der Waals surface area contributed by atoms with Gasteiger partial charge in [-0.15, -0.1) is 0 Å². The Hall–Kier alpha value is -1.81. The van der Waals surface area contributed by atoms with Gasteiger partial charge in [-0.1, -0.05) is 12.1 Å². The molecule has 100 valence electrons. The van der Waals surface area contributed by atoms with Gasteiger partial charge < -0.3 is 15.0 Å². The summed E-state index contributed by atoms with van der Waals surface area (Å²) in [7, 11) is 1.99. The van der Waals surface area contributed by atoms with Gasteiger partial charge in [0.1, 0.15) is 11.6 Å². The first-order chi connectivity index (χ1) is 9.09. The van der Waals surface area contributed by atoms with Gasteiger partial charge >= 0.3 is 0 Å². The van der Waals surface area contributed by atoms with Crippen LogP contribution in [0.3, 0.4) is 0 Å². The predicted octanol–water partition coefficient (Wildman–Crippen LogP) is 2.43. The second kappa shape index (κ2) is 4.38. The zero-order valence-electron chi connectivity index (χ0n) is 11.3. The van der Waals surface area contributed by atoms with Crippen LogP contribution < -0.4 is 5.32 Å². The number of aromatic hydroxyl groups is 1. The number of phenols is 1. The van der Waals surface area contributed by atoms with E-state index in [0.717, 1.165) is 23.6 Å². The number of phenolic OH excluding ortho intramolecular Hbond substituents is 1. The van der Waals surface area contributed by atoms with E-state index in [2.05, 4.69) is 17.2 Å². The van der Waals surface area contributed by atoms with Gasteiger partial charge in [0.25, 0.3) is 0 Å². The molecule has 1 fully saturated rings. The molecule has 1 aromatic heterocycles. The molecule has 0 atom stereocenters. The molecule has 4 heteroatoms. The molecule has 3 rings (SSSR count). The Bertz CT molecular complexity index is 599. The highest BCUT2D eigenvalue weighted by molar-refractivity contribution is 5.66. The maximum atomic E-state index is 9.91. The van der Waals surface area contributed by atoms with Crippen LogP contribution in [-0.2, 0) is 13.6 Å². The van der Waals surface area contributed by atoms with E-state index < -0.39 is 0 Å². The van der Waals surface area contributed by atoms with E-state index in [1.54, 1.807) is 6.07 Å². The highest BCUT2D eigenvalue weighted by atomic mass is 16.3. The number of hydrogen-bond donors (Lipinski definition) is 2. The van der Waals surface area contributed by atoms with Gasteiger partial charge in [0.05, 0.1) is 18.4 Å². The SMILES string of the molecule is Cn1c(-c2ccccc2O)cnc1CNC1(C)CC1. The molecule has 4 nitrogen and oxygen atoms in total. The summed E-state index contributed by atoms with van der Waals surface area (Å²) in [5.74, 6) is 1.28. The third kappa shape index (κ3) is 2.36. The van der Waals surface area contributed by atoms with Crippen LogP contribution in [-0.4, -0.2) is 20.2 Å². The monoisotopic (exact) mass is 257 g/mol. The van der Waals surface area contributed by atoms with E-state index in [1.807, 2.05) is 36.0 Å². The molecule has 1 aliphatic carbocycles. The van der Waals surface area contributed by atoms with E-state index in [9.17, 15) is 5.11 Å². The van der Waals surface area contributed by atoms with Crippen molar-refractivity contribution in [2.24, 2.45) is 7.05 Å². The number of nitrogens with zero attached hydrogens (tertiary/aromatic N) is 2. The average molecular weight is 257 g/mol. The highest BCUT2D eigenvalue weighted by Gasteiger charge is 2.36.